The summed E-state index contributed by atoms with van der Waals surface area (Å²) in [5.74, 6) is 0.201. The number of hydrogen-bond acceptors (Lipinski definition) is 2. The highest BCUT2D eigenvalue weighted by molar-refractivity contribution is 5.92. The minimum atomic E-state index is 0.0845. The van der Waals surface area contributed by atoms with Crippen molar-refractivity contribution < 1.29 is 4.79 Å². The Bertz CT molecular complexity index is 409. The predicted molar refractivity (Wildman–Crippen MR) is 79.0 cm³/mol. The van der Waals surface area contributed by atoms with E-state index in [-0.39, 0.29) is 11.8 Å². The largest absolute Gasteiger partial charge is 0.326 e. The summed E-state index contributed by atoms with van der Waals surface area (Å²) in [4.78, 5) is 11.9. The van der Waals surface area contributed by atoms with Gasteiger partial charge in [0.15, 0.2) is 0 Å². The van der Waals surface area contributed by atoms with Gasteiger partial charge >= 0.3 is 0 Å². The molecule has 1 atom stereocenters. The summed E-state index contributed by atoms with van der Waals surface area (Å²) in [6.45, 7) is 5.00. The summed E-state index contributed by atoms with van der Waals surface area (Å²) < 4.78 is 0. The second kappa shape index (κ2) is 6.71. The molecule has 1 aliphatic rings. The van der Waals surface area contributed by atoms with Crippen LogP contribution in [0, 0.1) is 5.92 Å². The van der Waals surface area contributed by atoms with Gasteiger partial charge in [0.25, 0.3) is 0 Å². The van der Waals surface area contributed by atoms with Gasteiger partial charge in [-0.3, -0.25) is 4.79 Å². The molecule has 1 unspecified atom stereocenters. The molecule has 1 fully saturated rings. The van der Waals surface area contributed by atoms with Gasteiger partial charge in [-0.05, 0) is 37.0 Å². The minimum absolute atomic E-state index is 0.0845. The molecule has 1 aromatic carbocycles. The first-order valence-electron chi connectivity index (χ1n) is 7.32. The molecule has 0 aromatic heterocycles. The van der Waals surface area contributed by atoms with Crippen LogP contribution in [0.25, 0.3) is 0 Å². The van der Waals surface area contributed by atoms with E-state index in [4.69, 9.17) is 0 Å². The number of hydrogen-bond donors (Lipinski definition) is 2. The highest BCUT2D eigenvalue weighted by Gasteiger charge is 2.19. The number of benzene rings is 1. The molecule has 2 rings (SSSR count). The van der Waals surface area contributed by atoms with E-state index in [0.717, 1.165) is 31.1 Å². The molecule has 0 spiro atoms. The van der Waals surface area contributed by atoms with Crippen molar-refractivity contribution in [2.45, 2.75) is 52.1 Å². The first-order chi connectivity index (χ1) is 9.19. The van der Waals surface area contributed by atoms with Crippen LogP contribution in [-0.4, -0.2) is 11.9 Å². The van der Waals surface area contributed by atoms with Gasteiger partial charge in [-0.25, -0.2) is 0 Å². The molecule has 0 heterocycles. The maximum atomic E-state index is 11.9. The molecule has 1 amide bonds. The molecule has 0 bridgehead atoms. The quantitative estimate of drug-likeness (QED) is 0.789. The van der Waals surface area contributed by atoms with Crippen molar-refractivity contribution in [2.75, 3.05) is 5.32 Å². The van der Waals surface area contributed by atoms with Crippen LogP contribution < -0.4 is 10.6 Å². The minimum Gasteiger partial charge on any atom is -0.326 e. The second-order valence-electron chi connectivity index (χ2n) is 5.53. The van der Waals surface area contributed by atoms with Gasteiger partial charge in [0, 0.05) is 24.2 Å². The lowest BCUT2D eigenvalue weighted by Gasteiger charge is -2.11. The van der Waals surface area contributed by atoms with Gasteiger partial charge in [-0.2, -0.15) is 0 Å². The second-order valence-corrected chi connectivity index (χ2v) is 5.53. The van der Waals surface area contributed by atoms with E-state index in [1.54, 1.807) is 0 Å². The highest BCUT2D eigenvalue weighted by atomic mass is 16.1. The van der Waals surface area contributed by atoms with E-state index < -0.39 is 0 Å². The van der Waals surface area contributed by atoms with Crippen molar-refractivity contribution in [1.29, 1.82) is 0 Å². The third-order valence-electron chi connectivity index (χ3n) is 3.56. The standard InChI is InChI=1S/C16H24N2O/c1-3-4-12(2)16(19)18-15-7-5-13(6-8-15)11-17-14-9-10-14/h5-8,12,14,17H,3-4,9-11H2,1-2H3,(H,18,19). The molecule has 1 aromatic rings. The third kappa shape index (κ3) is 4.67. The average Bonchev–Trinajstić information content (AvgIpc) is 3.22. The number of amides is 1. The van der Waals surface area contributed by atoms with Crippen molar-refractivity contribution in [2.24, 2.45) is 5.92 Å². The number of nitrogens with one attached hydrogen (secondary N) is 2. The normalized spacial score (nSPS) is 16.1. The van der Waals surface area contributed by atoms with Crippen LogP contribution in [0.15, 0.2) is 24.3 Å². The lowest BCUT2D eigenvalue weighted by atomic mass is 10.1. The first-order valence-corrected chi connectivity index (χ1v) is 7.32. The van der Waals surface area contributed by atoms with Crippen LogP contribution >= 0.6 is 0 Å². The van der Waals surface area contributed by atoms with Crippen molar-refractivity contribution in [1.82, 2.24) is 5.32 Å². The van der Waals surface area contributed by atoms with Gasteiger partial charge in [0.05, 0.1) is 0 Å². The topological polar surface area (TPSA) is 41.1 Å². The van der Waals surface area contributed by atoms with Crippen LogP contribution in [0.2, 0.25) is 0 Å². The van der Waals surface area contributed by atoms with Crippen molar-refractivity contribution in [3.05, 3.63) is 29.8 Å². The van der Waals surface area contributed by atoms with Crippen LogP contribution in [0.4, 0.5) is 5.69 Å². The Hall–Kier alpha value is -1.35. The summed E-state index contributed by atoms with van der Waals surface area (Å²) in [7, 11) is 0. The third-order valence-corrected chi connectivity index (χ3v) is 3.56. The Morgan fingerprint density at radius 2 is 2.00 bits per heavy atom. The SMILES string of the molecule is CCCC(C)C(=O)Nc1ccc(CNC2CC2)cc1. The summed E-state index contributed by atoms with van der Waals surface area (Å²) >= 11 is 0. The van der Waals surface area contributed by atoms with Crippen LogP contribution in [0.1, 0.15) is 45.1 Å². The molecule has 1 saturated carbocycles. The molecule has 3 heteroatoms. The number of anilines is 1. The number of carbonyl (C=O) groups is 1. The number of carbonyl (C=O) groups excluding carboxylic acids is 1. The van der Waals surface area contributed by atoms with Gasteiger partial charge in [0.2, 0.25) is 5.91 Å². The molecule has 0 aliphatic heterocycles. The predicted octanol–water partition coefficient (Wildman–Crippen LogP) is 3.31. The lowest BCUT2D eigenvalue weighted by Crippen LogP contribution is -2.20. The van der Waals surface area contributed by atoms with E-state index >= 15 is 0 Å². The van der Waals surface area contributed by atoms with Gasteiger partial charge in [-0.1, -0.05) is 32.4 Å². The van der Waals surface area contributed by atoms with E-state index in [1.807, 2.05) is 19.1 Å². The molecule has 0 saturated heterocycles. The van der Waals surface area contributed by atoms with Crippen molar-refractivity contribution >= 4 is 11.6 Å². The maximum Gasteiger partial charge on any atom is 0.227 e. The van der Waals surface area contributed by atoms with E-state index in [0.29, 0.717) is 0 Å². The first kappa shape index (κ1) is 14.1. The Morgan fingerprint density at radius 1 is 1.32 bits per heavy atom. The lowest BCUT2D eigenvalue weighted by molar-refractivity contribution is -0.119. The summed E-state index contributed by atoms with van der Waals surface area (Å²) in [5, 5.41) is 6.45. The van der Waals surface area contributed by atoms with Gasteiger partial charge in [-0.15, -0.1) is 0 Å². The maximum absolute atomic E-state index is 11.9. The van der Waals surface area contributed by atoms with Crippen molar-refractivity contribution in [3.8, 4) is 0 Å². The monoisotopic (exact) mass is 260 g/mol. The Balaban J connectivity index is 1.81. The van der Waals surface area contributed by atoms with Gasteiger partial charge in [0.1, 0.15) is 0 Å². The molecule has 104 valence electrons. The molecular weight excluding hydrogens is 236 g/mol. The number of rotatable bonds is 7. The van der Waals surface area contributed by atoms with Gasteiger partial charge < -0.3 is 10.6 Å². The molecule has 3 nitrogen and oxygen atoms in total. The smallest absolute Gasteiger partial charge is 0.227 e. The van der Waals surface area contributed by atoms with Crippen LogP contribution in [0.5, 0.6) is 0 Å². The summed E-state index contributed by atoms with van der Waals surface area (Å²) in [6, 6.07) is 8.86. The van der Waals surface area contributed by atoms with E-state index in [9.17, 15) is 4.79 Å². The van der Waals surface area contributed by atoms with Crippen LogP contribution in [-0.2, 0) is 11.3 Å². The zero-order valence-corrected chi connectivity index (χ0v) is 11.9. The fourth-order valence-electron chi connectivity index (χ4n) is 2.09. The fourth-order valence-corrected chi connectivity index (χ4v) is 2.09. The molecular formula is C16H24N2O. The molecule has 1 aliphatic carbocycles. The average molecular weight is 260 g/mol. The Morgan fingerprint density at radius 3 is 2.58 bits per heavy atom. The zero-order valence-electron chi connectivity index (χ0n) is 11.9. The van der Waals surface area contributed by atoms with E-state index in [1.165, 1.54) is 18.4 Å². The Labute approximate surface area is 115 Å². The highest BCUT2D eigenvalue weighted by Crippen LogP contribution is 2.19. The Kier molecular flexibility index (Phi) is 4.97. The van der Waals surface area contributed by atoms with E-state index in [2.05, 4.69) is 29.7 Å². The summed E-state index contributed by atoms with van der Waals surface area (Å²) in [5.41, 5.74) is 2.16. The summed E-state index contributed by atoms with van der Waals surface area (Å²) in [6.07, 6.45) is 4.60. The molecule has 2 N–H and O–H groups in total. The fraction of sp³-hybridized carbons (Fsp3) is 0.562. The van der Waals surface area contributed by atoms with Crippen molar-refractivity contribution in [3.63, 3.8) is 0 Å². The molecule has 19 heavy (non-hydrogen) atoms. The molecule has 0 radical (unpaired) electrons. The van der Waals surface area contributed by atoms with Crippen LogP contribution in [0.3, 0.4) is 0 Å². The zero-order chi connectivity index (χ0) is 13.7.